The maximum atomic E-state index is 12.8. The van der Waals surface area contributed by atoms with E-state index in [-0.39, 0.29) is 24.2 Å². The molecule has 2 heterocycles. The second-order valence-corrected chi connectivity index (χ2v) is 7.65. The molecule has 0 aromatic heterocycles. The molecule has 0 radical (unpaired) electrons. The third-order valence-electron chi connectivity index (χ3n) is 5.40. The Bertz CT molecular complexity index is 928. The van der Waals surface area contributed by atoms with Crippen molar-refractivity contribution in [2.24, 2.45) is 5.92 Å². The zero-order valence-electron chi connectivity index (χ0n) is 17.3. The summed E-state index contributed by atoms with van der Waals surface area (Å²) in [5, 5.41) is 0. The van der Waals surface area contributed by atoms with E-state index < -0.39 is 0 Å². The maximum absolute atomic E-state index is 12.8. The van der Waals surface area contributed by atoms with Gasteiger partial charge in [0.2, 0.25) is 11.8 Å². The second kappa shape index (κ2) is 8.65. The van der Waals surface area contributed by atoms with Crippen LogP contribution in [0.1, 0.15) is 12.0 Å². The number of fused-ring (bicyclic) bond motifs is 1. The van der Waals surface area contributed by atoms with Gasteiger partial charge in [0.15, 0.2) is 11.5 Å². The summed E-state index contributed by atoms with van der Waals surface area (Å²) in [4.78, 5) is 28.7. The van der Waals surface area contributed by atoms with Crippen LogP contribution in [-0.2, 0) is 9.59 Å². The van der Waals surface area contributed by atoms with Crippen molar-refractivity contribution in [3.8, 4) is 17.2 Å². The van der Waals surface area contributed by atoms with Crippen molar-refractivity contribution in [2.45, 2.75) is 13.3 Å². The fraction of sp³-hybridized carbons (Fsp3) is 0.391. The van der Waals surface area contributed by atoms with Gasteiger partial charge in [-0.3, -0.25) is 9.59 Å². The lowest BCUT2D eigenvalue weighted by Crippen LogP contribution is -2.37. The topological polar surface area (TPSA) is 68.3 Å². The van der Waals surface area contributed by atoms with Crippen LogP contribution in [0, 0.1) is 12.8 Å². The van der Waals surface area contributed by atoms with Gasteiger partial charge in [0.1, 0.15) is 25.6 Å². The molecule has 7 heteroatoms. The summed E-state index contributed by atoms with van der Waals surface area (Å²) < 4.78 is 16.9. The summed E-state index contributed by atoms with van der Waals surface area (Å²) in [7, 11) is 1.75. The normalized spacial score (nSPS) is 17.7. The molecule has 0 bridgehead atoms. The summed E-state index contributed by atoms with van der Waals surface area (Å²) in [5.74, 6) is 1.62. The number of aryl methyl sites for hydroxylation is 1. The van der Waals surface area contributed by atoms with Crippen molar-refractivity contribution in [3.63, 3.8) is 0 Å². The van der Waals surface area contributed by atoms with Gasteiger partial charge < -0.3 is 24.0 Å². The van der Waals surface area contributed by atoms with E-state index in [0.717, 1.165) is 11.4 Å². The summed E-state index contributed by atoms with van der Waals surface area (Å²) in [6, 6.07) is 13.2. The number of amides is 2. The van der Waals surface area contributed by atoms with E-state index in [0.29, 0.717) is 44.4 Å². The Kier molecular flexibility index (Phi) is 5.79. The third kappa shape index (κ3) is 4.35. The summed E-state index contributed by atoms with van der Waals surface area (Å²) in [5.41, 5.74) is 1.90. The molecule has 1 saturated heterocycles. The van der Waals surface area contributed by atoms with E-state index in [4.69, 9.17) is 14.2 Å². The van der Waals surface area contributed by atoms with Crippen molar-refractivity contribution in [1.29, 1.82) is 0 Å². The zero-order chi connectivity index (χ0) is 21.1. The van der Waals surface area contributed by atoms with E-state index in [1.807, 2.05) is 37.3 Å². The average molecular weight is 410 g/mol. The standard InChI is InChI=1S/C23H26N2O5/c1-16-3-6-19(7-4-16)28-10-9-24(2)23(27)17-13-22(26)25(15-17)18-5-8-20-21(14-18)30-12-11-29-20/h3-8,14,17H,9-13,15H2,1-2H3. The lowest BCUT2D eigenvalue weighted by Gasteiger charge is -2.23. The minimum absolute atomic E-state index is 0.0455. The van der Waals surface area contributed by atoms with E-state index in [1.54, 1.807) is 29.0 Å². The van der Waals surface area contributed by atoms with Crippen LogP contribution in [0.25, 0.3) is 0 Å². The van der Waals surface area contributed by atoms with E-state index in [1.165, 1.54) is 5.56 Å². The Hall–Kier alpha value is -3.22. The Morgan fingerprint density at radius 2 is 1.87 bits per heavy atom. The number of rotatable bonds is 6. The molecule has 0 aliphatic carbocycles. The number of ether oxygens (including phenoxy) is 3. The SMILES string of the molecule is Cc1ccc(OCCN(C)C(=O)C2CC(=O)N(c3ccc4c(c3)OCCO4)C2)cc1. The highest BCUT2D eigenvalue weighted by molar-refractivity contribution is 6.00. The smallest absolute Gasteiger partial charge is 0.227 e. The van der Waals surface area contributed by atoms with Gasteiger partial charge in [-0.2, -0.15) is 0 Å². The van der Waals surface area contributed by atoms with Gasteiger partial charge in [0, 0.05) is 31.8 Å². The van der Waals surface area contributed by atoms with Gasteiger partial charge in [-0.15, -0.1) is 0 Å². The molecule has 7 nitrogen and oxygen atoms in total. The largest absolute Gasteiger partial charge is 0.492 e. The number of benzene rings is 2. The lowest BCUT2D eigenvalue weighted by atomic mass is 10.1. The number of carbonyl (C=O) groups excluding carboxylic acids is 2. The van der Waals surface area contributed by atoms with Crippen LogP contribution in [0.15, 0.2) is 42.5 Å². The lowest BCUT2D eigenvalue weighted by molar-refractivity contribution is -0.134. The fourth-order valence-corrected chi connectivity index (χ4v) is 3.68. The number of nitrogens with zero attached hydrogens (tertiary/aromatic N) is 2. The Morgan fingerprint density at radius 3 is 2.63 bits per heavy atom. The molecular formula is C23H26N2O5. The highest BCUT2D eigenvalue weighted by Crippen LogP contribution is 2.36. The number of hydrogen-bond acceptors (Lipinski definition) is 5. The Morgan fingerprint density at radius 1 is 1.13 bits per heavy atom. The first kappa shape index (κ1) is 20.1. The molecule has 2 aliphatic rings. The molecule has 2 aromatic carbocycles. The molecule has 0 N–H and O–H groups in total. The van der Waals surface area contributed by atoms with Crippen LogP contribution < -0.4 is 19.1 Å². The first-order valence-electron chi connectivity index (χ1n) is 10.2. The maximum Gasteiger partial charge on any atom is 0.227 e. The minimum atomic E-state index is -0.366. The number of carbonyl (C=O) groups is 2. The number of likely N-dealkylation sites (N-methyl/N-ethyl adjacent to an activating group) is 1. The molecule has 0 saturated carbocycles. The molecular weight excluding hydrogens is 384 g/mol. The molecule has 30 heavy (non-hydrogen) atoms. The van der Waals surface area contributed by atoms with E-state index in [9.17, 15) is 9.59 Å². The summed E-state index contributed by atoms with van der Waals surface area (Å²) >= 11 is 0. The first-order chi connectivity index (χ1) is 14.5. The summed E-state index contributed by atoms with van der Waals surface area (Å²) in [6.45, 7) is 4.25. The van der Waals surface area contributed by atoms with Crippen LogP contribution in [-0.4, -0.2) is 56.7 Å². The molecule has 1 atom stereocenters. The number of anilines is 1. The zero-order valence-corrected chi connectivity index (χ0v) is 17.3. The van der Waals surface area contributed by atoms with E-state index >= 15 is 0 Å². The van der Waals surface area contributed by atoms with Gasteiger partial charge in [-0.1, -0.05) is 17.7 Å². The van der Waals surface area contributed by atoms with Gasteiger partial charge in [-0.05, 0) is 31.2 Å². The van der Waals surface area contributed by atoms with E-state index in [2.05, 4.69) is 0 Å². The molecule has 4 rings (SSSR count). The summed E-state index contributed by atoms with van der Waals surface area (Å²) in [6.07, 6.45) is 0.205. The predicted molar refractivity (Wildman–Crippen MR) is 112 cm³/mol. The fourth-order valence-electron chi connectivity index (χ4n) is 3.68. The van der Waals surface area contributed by atoms with Crippen LogP contribution in [0.2, 0.25) is 0 Å². The molecule has 0 spiro atoms. The highest BCUT2D eigenvalue weighted by Gasteiger charge is 2.36. The minimum Gasteiger partial charge on any atom is -0.492 e. The molecule has 2 aliphatic heterocycles. The van der Waals surface area contributed by atoms with Crippen LogP contribution in [0.3, 0.4) is 0 Å². The van der Waals surface area contributed by atoms with Crippen molar-refractivity contribution in [1.82, 2.24) is 4.90 Å². The van der Waals surface area contributed by atoms with Crippen molar-refractivity contribution < 1.29 is 23.8 Å². The van der Waals surface area contributed by atoms with Crippen molar-refractivity contribution >= 4 is 17.5 Å². The monoisotopic (exact) mass is 410 g/mol. The molecule has 1 unspecified atom stereocenters. The van der Waals surface area contributed by atoms with Gasteiger partial charge in [0.25, 0.3) is 0 Å². The third-order valence-corrected chi connectivity index (χ3v) is 5.40. The van der Waals surface area contributed by atoms with Gasteiger partial charge >= 0.3 is 0 Å². The highest BCUT2D eigenvalue weighted by atomic mass is 16.6. The Labute approximate surface area is 176 Å². The first-order valence-corrected chi connectivity index (χ1v) is 10.2. The van der Waals surface area contributed by atoms with Crippen molar-refractivity contribution in [2.75, 3.05) is 44.9 Å². The van der Waals surface area contributed by atoms with Crippen LogP contribution in [0.5, 0.6) is 17.2 Å². The van der Waals surface area contributed by atoms with Crippen LogP contribution >= 0.6 is 0 Å². The Balaban J connectivity index is 1.32. The molecule has 2 amide bonds. The second-order valence-electron chi connectivity index (χ2n) is 7.65. The predicted octanol–water partition coefficient (Wildman–Crippen LogP) is 2.66. The number of hydrogen-bond donors (Lipinski definition) is 0. The van der Waals surface area contributed by atoms with Crippen molar-refractivity contribution in [3.05, 3.63) is 48.0 Å². The van der Waals surface area contributed by atoms with Gasteiger partial charge in [-0.25, -0.2) is 0 Å². The quantitative estimate of drug-likeness (QED) is 0.732. The van der Waals surface area contributed by atoms with Crippen LogP contribution in [0.4, 0.5) is 5.69 Å². The molecule has 158 valence electrons. The van der Waals surface area contributed by atoms with Gasteiger partial charge in [0.05, 0.1) is 12.5 Å². The average Bonchev–Trinajstić information content (AvgIpc) is 3.15. The molecule has 1 fully saturated rings. The molecule has 2 aromatic rings.